The molecule has 0 spiro atoms. The lowest BCUT2D eigenvalue weighted by molar-refractivity contribution is 0.0878. The van der Waals surface area contributed by atoms with Crippen LogP contribution >= 0.6 is 0 Å². The van der Waals surface area contributed by atoms with Crippen molar-refractivity contribution in [2.24, 2.45) is 5.11 Å². The number of carbonyl (C=O) groups is 2. The standard InChI is InChI=1S/C15H13N5O4/c1-3-9-7-4-11(24-6-17-20-16)10(23-2)5-8(7)12-13(18-9)15(22)19-14(12)21/h4-5H,3,6H2,1-2H3,(H,19,21,22). The maximum atomic E-state index is 12.1. The number of hydrogen-bond acceptors (Lipinski definition) is 6. The molecular weight excluding hydrogens is 314 g/mol. The van der Waals surface area contributed by atoms with Gasteiger partial charge in [0.2, 0.25) is 0 Å². The third kappa shape index (κ3) is 2.37. The van der Waals surface area contributed by atoms with Gasteiger partial charge in [-0.15, -0.1) is 0 Å². The molecule has 2 heterocycles. The minimum absolute atomic E-state index is 0.120. The molecule has 9 nitrogen and oxygen atoms in total. The Bertz CT molecular complexity index is 918. The number of pyridine rings is 1. The molecule has 1 N–H and O–H groups in total. The molecule has 1 aromatic carbocycles. The number of fused-ring (bicyclic) bond motifs is 3. The molecule has 0 fully saturated rings. The summed E-state index contributed by atoms with van der Waals surface area (Å²) in [4.78, 5) is 30.9. The predicted molar refractivity (Wildman–Crippen MR) is 84.1 cm³/mol. The first-order valence-electron chi connectivity index (χ1n) is 7.14. The highest BCUT2D eigenvalue weighted by molar-refractivity contribution is 6.26. The number of methoxy groups -OCH3 is 1. The van der Waals surface area contributed by atoms with Gasteiger partial charge in [-0.25, -0.2) is 4.98 Å². The van der Waals surface area contributed by atoms with Gasteiger partial charge >= 0.3 is 0 Å². The molecule has 9 heteroatoms. The van der Waals surface area contributed by atoms with Crippen LogP contribution < -0.4 is 14.8 Å². The van der Waals surface area contributed by atoms with Crippen molar-refractivity contribution in [2.45, 2.75) is 13.3 Å². The molecule has 0 unspecified atom stereocenters. The number of nitrogens with one attached hydrogen (secondary N) is 1. The Hall–Kier alpha value is -3.32. The van der Waals surface area contributed by atoms with Crippen LogP contribution in [0.5, 0.6) is 11.5 Å². The van der Waals surface area contributed by atoms with Crippen molar-refractivity contribution in [1.29, 1.82) is 0 Å². The van der Waals surface area contributed by atoms with Gasteiger partial charge in [-0.05, 0) is 24.1 Å². The van der Waals surface area contributed by atoms with Crippen LogP contribution in [0.2, 0.25) is 0 Å². The summed E-state index contributed by atoms with van der Waals surface area (Å²) in [5.74, 6) is -0.272. The second kappa shape index (κ2) is 6.05. The fourth-order valence-electron chi connectivity index (χ4n) is 2.67. The van der Waals surface area contributed by atoms with E-state index >= 15 is 0 Å². The van der Waals surface area contributed by atoms with Crippen LogP contribution in [0.4, 0.5) is 0 Å². The van der Waals surface area contributed by atoms with Crippen LogP contribution in [0, 0.1) is 0 Å². The van der Waals surface area contributed by atoms with E-state index in [1.807, 2.05) is 6.92 Å². The largest absolute Gasteiger partial charge is 0.493 e. The third-order valence-electron chi connectivity index (χ3n) is 3.71. The number of aromatic nitrogens is 1. The number of amides is 2. The van der Waals surface area contributed by atoms with Crippen molar-refractivity contribution in [3.8, 4) is 11.5 Å². The minimum atomic E-state index is -0.505. The minimum Gasteiger partial charge on any atom is -0.493 e. The lowest BCUT2D eigenvalue weighted by atomic mass is 10.0. The first-order valence-corrected chi connectivity index (χ1v) is 7.14. The molecule has 24 heavy (non-hydrogen) atoms. The number of nitrogens with zero attached hydrogens (tertiary/aromatic N) is 4. The molecular formula is C15H13N5O4. The van der Waals surface area contributed by atoms with Crippen molar-refractivity contribution in [3.05, 3.63) is 39.5 Å². The molecule has 1 aliphatic heterocycles. The number of carbonyl (C=O) groups excluding carboxylic acids is 2. The van der Waals surface area contributed by atoms with E-state index in [1.165, 1.54) is 7.11 Å². The summed E-state index contributed by atoms with van der Waals surface area (Å²) in [6.45, 7) is 1.70. The summed E-state index contributed by atoms with van der Waals surface area (Å²) in [7, 11) is 1.45. The molecule has 0 aliphatic carbocycles. The number of azide groups is 1. The molecule has 1 aliphatic rings. The molecule has 0 bridgehead atoms. The smallest absolute Gasteiger partial charge is 0.277 e. The van der Waals surface area contributed by atoms with E-state index < -0.39 is 11.8 Å². The number of benzene rings is 1. The van der Waals surface area contributed by atoms with Gasteiger partial charge in [-0.3, -0.25) is 14.9 Å². The van der Waals surface area contributed by atoms with E-state index in [1.54, 1.807) is 12.1 Å². The first kappa shape index (κ1) is 15.6. The van der Waals surface area contributed by atoms with Crippen LogP contribution in [0.25, 0.3) is 21.2 Å². The highest BCUT2D eigenvalue weighted by atomic mass is 16.5. The van der Waals surface area contributed by atoms with E-state index in [4.69, 9.17) is 15.0 Å². The normalized spacial score (nSPS) is 12.6. The molecule has 0 saturated carbocycles. The van der Waals surface area contributed by atoms with Crippen molar-refractivity contribution < 1.29 is 19.1 Å². The van der Waals surface area contributed by atoms with Gasteiger partial charge in [-0.1, -0.05) is 12.0 Å². The summed E-state index contributed by atoms with van der Waals surface area (Å²) in [6.07, 6.45) is 0.563. The van der Waals surface area contributed by atoms with E-state index in [2.05, 4.69) is 20.3 Å². The van der Waals surface area contributed by atoms with Gasteiger partial charge in [0.05, 0.1) is 12.7 Å². The SMILES string of the molecule is CCc1nc2c(c3cc(OC)c(OCN=[N+]=[N-])cc13)C(=O)NC2=O. The van der Waals surface area contributed by atoms with E-state index in [-0.39, 0.29) is 18.0 Å². The summed E-state index contributed by atoms with van der Waals surface area (Å²) < 4.78 is 10.7. The lowest BCUT2D eigenvalue weighted by Crippen LogP contribution is -2.20. The third-order valence-corrected chi connectivity index (χ3v) is 3.71. The van der Waals surface area contributed by atoms with Gasteiger partial charge in [0.25, 0.3) is 11.8 Å². The molecule has 1 aromatic heterocycles. The van der Waals surface area contributed by atoms with E-state index in [9.17, 15) is 9.59 Å². The average Bonchev–Trinajstić information content (AvgIpc) is 2.87. The lowest BCUT2D eigenvalue weighted by Gasteiger charge is -2.13. The summed E-state index contributed by atoms with van der Waals surface area (Å²) in [6, 6.07) is 3.29. The topological polar surface area (TPSA) is 126 Å². The van der Waals surface area contributed by atoms with Crippen molar-refractivity contribution in [2.75, 3.05) is 13.8 Å². The number of hydrogen-bond donors (Lipinski definition) is 1. The Balaban J connectivity index is 2.28. The number of aryl methyl sites for hydroxylation is 1. The van der Waals surface area contributed by atoms with Gasteiger partial charge in [-0.2, -0.15) is 0 Å². The van der Waals surface area contributed by atoms with E-state index in [0.717, 1.165) is 0 Å². The second-order valence-corrected chi connectivity index (χ2v) is 4.97. The fraction of sp³-hybridized carbons (Fsp3) is 0.267. The zero-order valence-corrected chi connectivity index (χ0v) is 13.0. The molecule has 2 aromatic rings. The molecule has 122 valence electrons. The Morgan fingerprint density at radius 1 is 1.25 bits per heavy atom. The molecule has 2 amide bonds. The zero-order valence-electron chi connectivity index (χ0n) is 13.0. The Kier molecular flexibility index (Phi) is 3.93. The highest BCUT2D eigenvalue weighted by Gasteiger charge is 2.32. The van der Waals surface area contributed by atoms with Gasteiger partial charge in [0, 0.05) is 21.4 Å². The van der Waals surface area contributed by atoms with Crippen LogP contribution in [0.3, 0.4) is 0 Å². The number of rotatable bonds is 5. The van der Waals surface area contributed by atoms with Gasteiger partial charge in [0.15, 0.2) is 18.2 Å². The molecule has 0 atom stereocenters. The van der Waals surface area contributed by atoms with Gasteiger partial charge < -0.3 is 9.47 Å². The Morgan fingerprint density at radius 3 is 2.67 bits per heavy atom. The fourth-order valence-corrected chi connectivity index (χ4v) is 2.67. The predicted octanol–water partition coefficient (Wildman–Crippen LogP) is 2.34. The maximum Gasteiger partial charge on any atom is 0.277 e. The van der Waals surface area contributed by atoms with Crippen molar-refractivity contribution in [3.63, 3.8) is 0 Å². The van der Waals surface area contributed by atoms with Crippen LogP contribution in [-0.4, -0.2) is 30.6 Å². The molecule has 3 rings (SSSR count). The zero-order chi connectivity index (χ0) is 17.3. The quantitative estimate of drug-likeness (QED) is 0.390. The monoisotopic (exact) mass is 327 g/mol. The van der Waals surface area contributed by atoms with E-state index in [0.29, 0.717) is 34.4 Å². The highest BCUT2D eigenvalue weighted by Crippen LogP contribution is 2.37. The van der Waals surface area contributed by atoms with Crippen molar-refractivity contribution >= 4 is 22.6 Å². The van der Waals surface area contributed by atoms with Crippen LogP contribution in [-0.2, 0) is 6.42 Å². The summed E-state index contributed by atoms with van der Waals surface area (Å²) in [5.41, 5.74) is 9.35. The second-order valence-electron chi connectivity index (χ2n) is 4.97. The van der Waals surface area contributed by atoms with Crippen LogP contribution in [0.1, 0.15) is 33.5 Å². The summed E-state index contributed by atoms with van der Waals surface area (Å²) in [5, 5.41) is 6.82. The molecule has 0 radical (unpaired) electrons. The average molecular weight is 327 g/mol. The van der Waals surface area contributed by atoms with Gasteiger partial charge in [0.1, 0.15) is 5.69 Å². The maximum absolute atomic E-state index is 12.1. The first-order chi connectivity index (χ1) is 11.6. The van der Waals surface area contributed by atoms with Crippen molar-refractivity contribution in [1.82, 2.24) is 10.3 Å². The Labute approximate surface area is 136 Å². The van der Waals surface area contributed by atoms with Crippen LogP contribution in [0.15, 0.2) is 17.2 Å². The Morgan fingerprint density at radius 2 is 2.00 bits per heavy atom. The molecule has 0 saturated heterocycles. The number of imide groups is 1. The number of ether oxygens (including phenoxy) is 2. The summed E-state index contributed by atoms with van der Waals surface area (Å²) >= 11 is 0.